The second kappa shape index (κ2) is 11.6. The fraction of sp³-hybridized carbons (Fsp3) is 0.625. The number of benzene rings is 2. The van der Waals surface area contributed by atoms with Crippen molar-refractivity contribution in [2.75, 3.05) is 0 Å². The summed E-state index contributed by atoms with van der Waals surface area (Å²) in [4.78, 5) is 0. The van der Waals surface area contributed by atoms with Crippen LogP contribution < -0.4 is 0 Å². The van der Waals surface area contributed by atoms with Crippen molar-refractivity contribution in [2.45, 2.75) is 130 Å². The van der Waals surface area contributed by atoms with Crippen LogP contribution in [0.25, 0.3) is 0 Å². The van der Waals surface area contributed by atoms with E-state index in [1.807, 2.05) is 12.1 Å². The van der Waals surface area contributed by atoms with Gasteiger partial charge in [-0.15, -0.1) is 0 Å². The molecule has 2 N–H and O–H groups in total. The van der Waals surface area contributed by atoms with Crippen LogP contribution in [0.2, 0.25) is 0 Å². The summed E-state index contributed by atoms with van der Waals surface area (Å²) in [6, 6.07) is 8.40. The quantitative estimate of drug-likeness (QED) is 0.342. The van der Waals surface area contributed by atoms with Crippen molar-refractivity contribution in [3.8, 4) is 11.5 Å². The monoisotopic (exact) mass is 466 g/mol. The lowest BCUT2D eigenvalue weighted by Crippen LogP contribution is -2.16. The highest BCUT2D eigenvalue weighted by atomic mass is 16.3. The molecule has 0 atom stereocenters. The molecular weight excluding hydrogens is 416 g/mol. The molecule has 0 spiro atoms. The molecule has 0 heterocycles. The second-order valence-electron chi connectivity index (χ2n) is 12.4. The highest BCUT2D eigenvalue weighted by Crippen LogP contribution is 2.42. The number of aryl methyl sites for hydroxylation is 2. The van der Waals surface area contributed by atoms with E-state index < -0.39 is 0 Å². The molecule has 190 valence electrons. The zero-order chi connectivity index (χ0) is 25.7. The SMILES string of the molecule is CCCCCCCCCC(c1cc(C(C)(C)C)c(O)cc1C)c1cc(C(C)(C)C)c(O)cc1C. The highest BCUT2D eigenvalue weighted by molar-refractivity contribution is 5.52. The second-order valence-corrected chi connectivity index (χ2v) is 12.4. The topological polar surface area (TPSA) is 40.5 Å². The van der Waals surface area contributed by atoms with E-state index in [0.717, 1.165) is 28.7 Å². The lowest BCUT2D eigenvalue weighted by Gasteiger charge is -2.29. The number of hydrogen-bond acceptors (Lipinski definition) is 2. The molecule has 2 heteroatoms. The van der Waals surface area contributed by atoms with Crippen molar-refractivity contribution in [3.63, 3.8) is 0 Å². The van der Waals surface area contributed by atoms with Crippen LogP contribution in [-0.4, -0.2) is 10.2 Å². The Bertz CT molecular complexity index is 871. The summed E-state index contributed by atoms with van der Waals surface area (Å²) >= 11 is 0. The van der Waals surface area contributed by atoms with Crippen LogP contribution in [-0.2, 0) is 10.8 Å². The van der Waals surface area contributed by atoms with E-state index in [0.29, 0.717) is 11.5 Å². The summed E-state index contributed by atoms with van der Waals surface area (Å²) in [6.45, 7) is 19.5. The van der Waals surface area contributed by atoms with Gasteiger partial charge in [0.25, 0.3) is 0 Å². The number of phenols is 2. The Morgan fingerprint density at radius 2 is 1.00 bits per heavy atom. The van der Waals surface area contributed by atoms with E-state index in [1.54, 1.807) is 0 Å². The molecule has 0 saturated heterocycles. The van der Waals surface area contributed by atoms with Gasteiger partial charge >= 0.3 is 0 Å². The van der Waals surface area contributed by atoms with Crippen molar-refractivity contribution in [1.29, 1.82) is 0 Å². The Morgan fingerprint density at radius 1 is 0.618 bits per heavy atom. The first-order valence-corrected chi connectivity index (χ1v) is 13.4. The predicted octanol–water partition coefficient (Wildman–Crippen LogP) is 9.58. The van der Waals surface area contributed by atoms with Gasteiger partial charge in [0.05, 0.1) is 0 Å². The van der Waals surface area contributed by atoms with E-state index in [-0.39, 0.29) is 16.7 Å². The fourth-order valence-corrected chi connectivity index (χ4v) is 5.16. The Morgan fingerprint density at radius 3 is 1.38 bits per heavy atom. The maximum atomic E-state index is 10.7. The van der Waals surface area contributed by atoms with Crippen molar-refractivity contribution < 1.29 is 10.2 Å². The van der Waals surface area contributed by atoms with E-state index in [9.17, 15) is 10.2 Å². The zero-order valence-corrected chi connectivity index (χ0v) is 23.4. The molecule has 34 heavy (non-hydrogen) atoms. The van der Waals surface area contributed by atoms with Gasteiger partial charge in [0, 0.05) is 5.92 Å². The average molecular weight is 467 g/mol. The van der Waals surface area contributed by atoms with Gasteiger partial charge in [0.15, 0.2) is 0 Å². The molecule has 2 aromatic carbocycles. The number of aromatic hydroxyl groups is 2. The van der Waals surface area contributed by atoms with E-state index >= 15 is 0 Å². The lowest BCUT2D eigenvalue weighted by atomic mass is 9.76. The first-order valence-electron chi connectivity index (χ1n) is 13.4. The molecule has 0 fully saturated rings. The number of rotatable bonds is 10. The van der Waals surface area contributed by atoms with Crippen molar-refractivity contribution in [3.05, 3.63) is 57.6 Å². The summed E-state index contributed by atoms with van der Waals surface area (Å²) in [5.41, 5.74) is 6.65. The summed E-state index contributed by atoms with van der Waals surface area (Å²) in [6.07, 6.45) is 10.1. The molecular formula is C32H50O2. The molecule has 2 rings (SSSR count). The molecule has 0 aromatic heterocycles. The van der Waals surface area contributed by atoms with Crippen molar-refractivity contribution in [1.82, 2.24) is 0 Å². The molecule has 0 radical (unpaired) electrons. The minimum Gasteiger partial charge on any atom is -0.508 e. The molecule has 2 nitrogen and oxygen atoms in total. The largest absolute Gasteiger partial charge is 0.508 e. The number of hydrogen-bond donors (Lipinski definition) is 2. The van der Waals surface area contributed by atoms with Crippen LogP contribution >= 0.6 is 0 Å². The molecule has 0 aliphatic carbocycles. The van der Waals surface area contributed by atoms with E-state index in [2.05, 4.69) is 74.4 Å². The maximum Gasteiger partial charge on any atom is 0.119 e. The summed E-state index contributed by atoms with van der Waals surface area (Å²) in [5.74, 6) is 1.03. The van der Waals surface area contributed by atoms with Gasteiger partial charge in [0.2, 0.25) is 0 Å². The summed E-state index contributed by atoms with van der Waals surface area (Å²) < 4.78 is 0. The van der Waals surface area contributed by atoms with Gasteiger partial charge < -0.3 is 10.2 Å². The van der Waals surface area contributed by atoms with Crippen molar-refractivity contribution in [2.24, 2.45) is 0 Å². The molecule has 0 unspecified atom stereocenters. The Balaban J connectivity index is 2.51. The van der Waals surface area contributed by atoms with Crippen LogP contribution in [0.4, 0.5) is 0 Å². The Hall–Kier alpha value is -1.96. The molecule has 0 aliphatic rings. The zero-order valence-electron chi connectivity index (χ0n) is 23.4. The molecule has 0 bridgehead atoms. The molecule has 2 aromatic rings. The number of unbranched alkanes of at least 4 members (excludes halogenated alkanes) is 6. The normalized spacial score (nSPS) is 12.5. The van der Waals surface area contributed by atoms with Gasteiger partial charge in [-0.05, 0) is 76.6 Å². The standard InChI is InChI=1S/C32H50O2/c1-10-11-12-13-14-15-16-17-24(25-20-27(31(4,5)6)29(33)18-22(25)2)26-21-28(32(7,8)9)30(34)19-23(26)3/h18-21,24,33-34H,10-17H2,1-9H3. The Labute approximate surface area is 209 Å². The lowest BCUT2D eigenvalue weighted by molar-refractivity contribution is 0.444. The minimum absolute atomic E-state index is 0.128. The van der Waals surface area contributed by atoms with Crippen LogP contribution in [0.15, 0.2) is 24.3 Å². The number of phenolic OH excluding ortho intramolecular Hbond substituents is 2. The molecule has 0 amide bonds. The van der Waals surface area contributed by atoms with Crippen molar-refractivity contribution >= 4 is 0 Å². The third-order valence-electron chi connectivity index (χ3n) is 7.23. The van der Waals surface area contributed by atoms with Gasteiger partial charge in [-0.3, -0.25) is 0 Å². The predicted molar refractivity (Wildman–Crippen MR) is 148 cm³/mol. The minimum atomic E-state index is -0.128. The van der Waals surface area contributed by atoms with Gasteiger partial charge in [-0.25, -0.2) is 0 Å². The van der Waals surface area contributed by atoms with E-state index in [1.165, 1.54) is 56.1 Å². The van der Waals surface area contributed by atoms with Crippen LogP contribution in [0.5, 0.6) is 11.5 Å². The smallest absolute Gasteiger partial charge is 0.119 e. The maximum absolute atomic E-state index is 10.7. The van der Waals surface area contributed by atoms with E-state index in [4.69, 9.17) is 0 Å². The van der Waals surface area contributed by atoms with Crippen LogP contribution in [0, 0.1) is 13.8 Å². The van der Waals surface area contributed by atoms with Crippen LogP contribution in [0.1, 0.15) is 139 Å². The van der Waals surface area contributed by atoms with Crippen LogP contribution in [0.3, 0.4) is 0 Å². The fourth-order valence-electron chi connectivity index (χ4n) is 5.16. The summed E-state index contributed by atoms with van der Waals surface area (Å²) in [7, 11) is 0. The van der Waals surface area contributed by atoms with Gasteiger partial charge in [-0.2, -0.15) is 0 Å². The first-order chi connectivity index (χ1) is 15.8. The Kier molecular flexibility index (Phi) is 9.69. The third kappa shape index (κ3) is 7.27. The average Bonchev–Trinajstić information content (AvgIpc) is 2.69. The molecule has 0 saturated carbocycles. The summed E-state index contributed by atoms with van der Waals surface area (Å²) in [5, 5.41) is 21.5. The molecule has 0 aliphatic heterocycles. The third-order valence-corrected chi connectivity index (χ3v) is 7.23. The van der Waals surface area contributed by atoms with Gasteiger partial charge in [-0.1, -0.05) is 106 Å². The highest BCUT2D eigenvalue weighted by Gasteiger charge is 2.27. The first kappa shape index (κ1) is 28.3. The van der Waals surface area contributed by atoms with Gasteiger partial charge in [0.1, 0.15) is 11.5 Å².